The van der Waals surface area contributed by atoms with E-state index in [0.29, 0.717) is 35.6 Å². The molecule has 23 heavy (non-hydrogen) atoms. The summed E-state index contributed by atoms with van der Waals surface area (Å²) >= 11 is 6.05. The fourth-order valence-corrected chi connectivity index (χ4v) is 3.44. The van der Waals surface area contributed by atoms with Crippen molar-refractivity contribution in [1.29, 1.82) is 0 Å². The number of carbonyl (C=O) groups is 2. The van der Waals surface area contributed by atoms with Gasteiger partial charge >= 0.3 is 11.8 Å². The monoisotopic (exact) mass is 336 g/mol. The SMILES string of the molecule is COC(=O)C1(O)C[C@@H](c2cccc(Cl)c2)C2=C(CCCC2=O)O1. The fraction of sp³-hybridized carbons (Fsp3) is 0.412. The summed E-state index contributed by atoms with van der Waals surface area (Å²) in [6.45, 7) is 0. The van der Waals surface area contributed by atoms with Crippen LogP contribution in [0.2, 0.25) is 5.02 Å². The summed E-state index contributed by atoms with van der Waals surface area (Å²) in [5, 5.41) is 11.1. The van der Waals surface area contributed by atoms with Crippen molar-refractivity contribution >= 4 is 23.4 Å². The van der Waals surface area contributed by atoms with Crippen LogP contribution in [0.15, 0.2) is 35.6 Å². The molecule has 1 N–H and O–H groups in total. The molecule has 0 spiro atoms. The molecule has 0 saturated carbocycles. The summed E-state index contributed by atoms with van der Waals surface area (Å²) in [4.78, 5) is 24.3. The first-order valence-electron chi connectivity index (χ1n) is 7.46. The minimum atomic E-state index is -2.09. The Morgan fingerprint density at radius 2 is 2.22 bits per heavy atom. The number of aliphatic hydroxyl groups is 1. The quantitative estimate of drug-likeness (QED) is 0.841. The molecule has 1 heterocycles. The number of hydrogen-bond acceptors (Lipinski definition) is 5. The van der Waals surface area contributed by atoms with Gasteiger partial charge in [-0.1, -0.05) is 23.7 Å². The minimum absolute atomic E-state index is 0.0110. The predicted molar refractivity (Wildman–Crippen MR) is 82.7 cm³/mol. The molecule has 122 valence electrons. The average Bonchev–Trinajstić information content (AvgIpc) is 2.53. The van der Waals surface area contributed by atoms with Gasteiger partial charge in [0.15, 0.2) is 5.78 Å². The number of carbonyl (C=O) groups excluding carboxylic acids is 2. The molecular formula is C17H17ClO5. The van der Waals surface area contributed by atoms with Gasteiger partial charge in [-0.15, -0.1) is 0 Å². The van der Waals surface area contributed by atoms with Crippen molar-refractivity contribution in [3.05, 3.63) is 46.2 Å². The van der Waals surface area contributed by atoms with E-state index >= 15 is 0 Å². The lowest BCUT2D eigenvalue weighted by Crippen LogP contribution is -2.47. The Bertz CT molecular complexity index is 696. The van der Waals surface area contributed by atoms with Gasteiger partial charge in [-0.05, 0) is 24.1 Å². The van der Waals surface area contributed by atoms with Crippen molar-refractivity contribution in [1.82, 2.24) is 0 Å². The minimum Gasteiger partial charge on any atom is -0.464 e. The lowest BCUT2D eigenvalue weighted by Gasteiger charge is -2.39. The van der Waals surface area contributed by atoms with Crippen LogP contribution in [0.5, 0.6) is 0 Å². The van der Waals surface area contributed by atoms with E-state index in [2.05, 4.69) is 4.74 Å². The summed E-state index contributed by atoms with van der Waals surface area (Å²) < 4.78 is 10.1. The molecule has 0 amide bonds. The van der Waals surface area contributed by atoms with Gasteiger partial charge in [-0.2, -0.15) is 0 Å². The van der Waals surface area contributed by atoms with Crippen molar-refractivity contribution in [2.75, 3.05) is 7.11 Å². The zero-order valence-corrected chi connectivity index (χ0v) is 13.4. The molecule has 0 bridgehead atoms. The zero-order chi connectivity index (χ0) is 16.6. The summed E-state index contributed by atoms with van der Waals surface area (Å²) in [5.74, 6) is -3.03. The van der Waals surface area contributed by atoms with Crippen molar-refractivity contribution in [3.8, 4) is 0 Å². The maximum absolute atomic E-state index is 12.4. The largest absolute Gasteiger partial charge is 0.464 e. The zero-order valence-electron chi connectivity index (χ0n) is 12.7. The summed E-state index contributed by atoms with van der Waals surface area (Å²) in [6.07, 6.45) is 1.51. The smallest absolute Gasteiger partial charge is 0.379 e. The molecule has 0 fully saturated rings. The van der Waals surface area contributed by atoms with E-state index < -0.39 is 17.7 Å². The topological polar surface area (TPSA) is 72.8 Å². The maximum atomic E-state index is 12.4. The first-order valence-corrected chi connectivity index (χ1v) is 7.84. The highest BCUT2D eigenvalue weighted by Gasteiger charge is 2.50. The van der Waals surface area contributed by atoms with E-state index in [9.17, 15) is 14.7 Å². The van der Waals surface area contributed by atoms with E-state index in [1.807, 2.05) is 6.07 Å². The van der Waals surface area contributed by atoms with E-state index in [1.165, 1.54) is 7.11 Å². The number of ether oxygens (including phenoxy) is 2. The van der Waals surface area contributed by atoms with Crippen LogP contribution in [0, 0.1) is 0 Å². The van der Waals surface area contributed by atoms with E-state index in [-0.39, 0.29) is 12.2 Å². The molecule has 2 atom stereocenters. The molecular weight excluding hydrogens is 320 g/mol. The van der Waals surface area contributed by atoms with Gasteiger partial charge in [0.2, 0.25) is 0 Å². The van der Waals surface area contributed by atoms with Gasteiger partial charge in [-0.3, -0.25) is 4.79 Å². The first-order chi connectivity index (χ1) is 10.9. The molecule has 1 aromatic rings. The third kappa shape index (κ3) is 2.86. The number of ketones is 1. The van der Waals surface area contributed by atoms with Gasteiger partial charge in [0.1, 0.15) is 5.76 Å². The molecule has 1 unspecified atom stereocenters. The number of rotatable bonds is 2. The lowest BCUT2D eigenvalue weighted by molar-refractivity contribution is -0.222. The van der Waals surface area contributed by atoms with Crippen LogP contribution in [0.3, 0.4) is 0 Å². The number of esters is 1. The van der Waals surface area contributed by atoms with Crippen molar-refractivity contribution in [3.63, 3.8) is 0 Å². The van der Waals surface area contributed by atoms with Crippen LogP contribution in [0.4, 0.5) is 0 Å². The van der Waals surface area contributed by atoms with Crippen LogP contribution in [0.1, 0.15) is 37.2 Å². The Labute approximate surface area is 138 Å². The average molecular weight is 337 g/mol. The highest BCUT2D eigenvalue weighted by molar-refractivity contribution is 6.30. The maximum Gasteiger partial charge on any atom is 0.379 e. The molecule has 6 heteroatoms. The van der Waals surface area contributed by atoms with Gasteiger partial charge in [0.05, 0.1) is 7.11 Å². The first kappa shape index (κ1) is 16.0. The Kier molecular flexibility index (Phi) is 4.17. The summed E-state index contributed by atoms with van der Waals surface area (Å²) in [7, 11) is 1.19. The molecule has 3 rings (SSSR count). The van der Waals surface area contributed by atoms with Gasteiger partial charge < -0.3 is 14.6 Å². The van der Waals surface area contributed by atoms with Crippen LogP contribution in [-0.4, -0.2) is 29.8 Å². The predicted octanol–water partition coefficient (Wildman–Crippen LogP) is 2.71. The number of Topliss-reactive ketones (excluding diaryl/α,β-unsaturated/α-hetero) is 1. The molecule has 0 aromatic heterocycles. The molecule has 2 aliphatic rings. The molecule has 1 aliphatic heterocycles. The van der Waals surface area contributed by atoms with Crippen LogP contribution >= 0.6 is 11.6 Å². The second-order valence-corrected chi connectivity index (χ2v) is 6.24. The second kappa shape index (κ2) is 5.98. The molecule has 1 aliphatic carbocycles. The number of halogens is 1. The second-order valence-electron chi connectivity index (χ2n) is 5.80. The lowest BCUT2D eigenvalue weighted by atomic mass is 9.77. The number of benzene rings is 1. The fourth-order valence-electron chi connectivity index (χ4n) is 3.25. The number of methoxy groups -OCH3 is 1. The Hall–Kier alpha value is -1.85. The van der Waals surface area contributed by atoms with Crippen molar-refractivity contribution in [2.45, 2.75) is 37.4 Å². The van der Waals surface area contributed by atoms with Gasteiger partial charge in [0.25, 0.3) is 0 Å². The number of hydrogen-bond donors (Lipinski definition) is 1. The molecule has 1 aromatic carbocycles. The van der Waals surface area contributed by atoms with Crippen LogP contribution in [-0.2, 0) is 19.1 Å². The van der Waals surface area contributed by atoms with Crippen molar-refractivity contribution < 1.29 is 24.2 Å². The van der Waals surface area contributed by atoms with E-state index in [1.54, 1.807) is 18.2 Å². The third-order valence-corrected chi connectivity index (χ3v) is 4.52. The molecule has 5 nitrogen and oxygen atoms in total. The molecule has 0 saturated heterocycles. The highest BCUT2D eigenvalue weighted by Crippen LogP contribution is 2.45. The normalized spacial score (nSPS) is 27.3. The Morgan fingerprint density at radius 1 is 1.43 bits per heavy atom. The standard InChI is InChI=1S/C17H17ClO5/c1-22-16(20)17(21)9-12(10-4-2-5-11(18)8-10)15-13(19)6-3-7-14(15)23-17/h2,4-5,8,12,21H,3,6-7,9H2,1H3/t12-,17?/m0/s1. The number of allylic oxidation sites excluding steroid dienone is 2. The van der Waals surface area contributed by atoms with E-state index in [4.69, 9.17) is 16.3 Å². The van der Waals surface area contributed by atoms with Crippen LogP contribution < -0.4 is 0 Å². The molecule has 0 radical (unpaired) electrons. The third-order valence-electron chi connectivity index (χ3n) is 4.29. The van der Waals surface area contributed by atoms with Crippen molar-refractivity contribution in [2.24, 2.45) is 0 Å². The summed E-state index contributed by atoms with van der Waals surface area (Å²) in [5.41, 5.74) is 1.30. The summed E-state index contributed by atoms with van der Waals surface area (Å²) in [6, 6.07) is 7.07. The van der Waals surface area contributed by atoms with E-state index in [0.717, 1.165) is 5.56 Å². The Balaban J connectivity index is 2.10. The Morgan fingerprint density at radius 3 is 2.91 bits per heavy atom. The van der Waals surface area contributed by atoms with Crippen LogP contribution in [0.25, 0.3) is 0 Å². The highest BCUT2D eigenvalue weighted by atomic mass is 35.5. The van der Waals surface area contributed by atoms with Gasteiger partial charge in [0, 0.05) is 35.8 Å². The van der Waals surface area contributed by atoms with Gasteiger partial charge in [-0.25, -0.2) is 4.79 Å².